The Kier molecular flexibility index (Phi) is 6.75. The van der Waals surface area contributed by atoms with Gasteiger partial charge in [-0.2, -0.15) is 4.31 Å². The van der Waals surface area contributed by atoms with Crippen molar-refractivity contribution < 1.29 is 27.1 Å². The van der Waals surface area contributed by atoms with Gasteiger partial charge in [-0.05, 0) is 35.9 Å². The van der Waals surface area contributed by atoms with Crippen LogP contribution in [-0.2, 0) is 21.4 Å². The summed E-state index contributed by atoms with van der Waals surface area (Å²) in [5.74, 6) is -0.513. The first kappa shape index (κ1) is 20.7. The highest BCUT2D eigenvalue weighted by Crippen LogP contribution is 2.26. The molecule has 0 aromatic heterocycles. The SMILES string of the molecule is COc1ccc(CNC(=O)CN(C)S(=O)(=O)c2cc(F)ccc2OC)cc1. The van der Waals surface area contributed by atoms with Crippen LogP contribution < -0.4 is 14.8 Å². The highest BCUT2D eigenvalue weighted by molar-refractivity contribution is 7.89. The molecule has 0 saturated carbocycles. The summed E-state index contributed by atoms with van der Waals surface area (Å²) in [6.07, 6.45) is 0. The van der Waals surface area contributed by atoms with Crippen molar-refractivity contribution in [3.63, 3.8) is 0 Å². The van der Waals surface area contributed by atoms with Crippen LogP contribution in [0.4, 0.5) is 4.39 Å². The summed E-state index contributed by atoms with van der Waals surface area (Å²) in [5.41, 5.74) is 0.835. The molecule has 0 aliphatic rings. The lowest BCUT2D eigenvalue weighted by atomic mass is 10.2. The van der Waals surface area contributed by atoms with Gasteiger partial charge in [0.2, 0.25) is 15.9 Å². The number of methoxy groups -OCH3 is 2. The molecular formula is C18H21FN2O5S. The first-order valence-electron chi connectivity index (χ1n) is 7.97. The number of halogens is 1. The number of rotatable bonds is 8. The molecule has 0 spiro atoms. The Morgan fingerprint density at radius 2 is 1.78 bits per heavy atom. The molecule has 0 heterocycles. The average molecular weight is 396 g/mol. The topological polar surface area (TPSA) is 84.9 Å². The Labute approximate surface area is 157 Å². The third kappa shape index (κ3) is 5.18. The molecule has 0 saturated heterocycles. The largest absolute Gasteiger partial charge is 0.497 e. The molecule has 7 nitrogen and oxygen atoms in total. The highest BCUT2D eigenvalue weighted by atomic mass is 32.2. The van der Waals surface area contributed by atoms with Gasteiger partial charge >= 0.3 is 0 Å². The van der Waals surface area contributed by atoms with Crippen molar-refractivity contribution in [3.05, 3.63) is 53.8 Å². The zero-order chi connectivity index (χ0) is 20.0. The van der Waals surface area contributed by atoms with E-state index in [1.54, 1.807) is 31.4 Å². The Hall–Kier alpha value is -2.65. The Morgan fingerprint density at radius 3 is 2.37 bits per heavy atom. The van der Waals surface area contributed by atoms with E-state index in [9.17, 15) is 17.6 Å². The standard InChI is InChI=1S/C18H21FN2O5S/c1-21(27(23,24)17-10-14(19)6-9-16(17)26-3)12-18(22)20-11-13-4-7-15(25-2)8-5-13/h4-10H,11-12H2,1-3H3,(H,20,22). The number of sulfonamides is 1. The number of benzene rings is 2. The van der Waals surface area contributed by atoms with Gasteiger partial charge in [0.15, 0.2) is 0 Å². The number of amides is 1. The monoisotopic (exact) mass is 396 g/mol. The molecule has 2 aromatic carbocycles. The minimum Gasteiger partial charge on any atom is -0.497 e. The predicted octanol–water partition coefficient (Wildman–Crippen LogP) is 1.78. The molecule has 27 heavy (non-hydrogen) atoms. The van der Waals surface area contributed by atoms with E-state index in [4.69, 9.17) is 9.47 Å². The minimum atomic E-state index is -4.10. The van der Waals surface area contributed by atoms with Crippen LogP contribution in [0, 0.1) is 5.82 Å². The van der Waals surface area contributed by atoms with E-state index in [1.807, 2.05) is 0 Å². The number of nitrogens with one attached hydrogen (secondary N) is 1. The third-order valence-corrected chi connectivity index (χ3v) is 5.65. The van der Waals surface area contributed by atoms with Crippen molar-refractivity contribution in [1.29, 1.82) is 0 Å². The van der Waals surface area contributed by atoms with Crippen LogP contribution in [0.25, 0.3) is 0 Å². The minimum absolute atomic E-state index is 0.00175. The van der Waals surface area contributed by atoms with E-state index in [-0.39, 0.29) is 17.2 Å². The summed E-state index contributed by atoms with van der Waals surface area (Å²) in [4.78, 5) is 11.8. The van der Waals surface area contributed by atoms with Gasteiger partial charge in [0, 0.05) is 13.6 Å². The van der Waals surface area contributed by atoms with Gasteiger partial charge in [-0.15, -0.1) is 0 Å². The summed E-state index contributed by atoms with van der Waals surface area (Å²) in [7, 11) is -0.0159. The van der Waals surface area contributed by atoms with E-state index in [1.165, 1.54) is 20.2 Å². The van der Waals surface area contributed by atoms with Gasteiger partial charge < -0.3 is 14.8 Å². The molecule has 0 bridgehead atoms. The van der Waals surface area contributed by atoms with Crippen molar-refractivity contribution in [1.82, 2.24) is 9.62 Å². The molecule has 1 amide bonds. The summed E-state index contributed by atoms with van der Waals surface area (Å²) in [6, 6.07) is 10.3. The normalized spacial score (nSPS) is 11.3. The van der Waals surface area contributed by atoms with Crippen molar-refractivity contribution >= 4 is 15.9 Å². The van der Waals surface area contributed by atoms with Crippen molar-refractivity contribution in [2.75, 3.05) is 27.8 Å². The number of ether oxygens (including phenoxy) is 2. The van der Waals surface area contributed by atoms with Crippen LogP contribution in [0.1, 0.15) is 5.56 Å². The van der Waals surface area contributed by atoms with E-state index in [0.717, 1.165) is 22.0 Å². The number of carbonyl (C=O) groups excluding carboxylic acids is 1. The fourth-order valence-electron chi connectivity index (χ4n) is 2.31. The number of likely N-dealkylation sites (N-methyl/N-ethyl adjacent to an activating group) is 1. The van der Waals surface area contributed by atoms with Gasteiger partial charge in [-0.3, -0.25) is 4.79 Å². The molecule has 0 fully saturated rings. The van der Waals surface area contributed by atoms with E-state index in [2.05, 4.69) is 5.32 Å². The average Bonchev–Trinajstić information content (AvgIpc) is 2.66. The molecule has 0 radical (unpaired) electrons. The number of hydrogen-bond acceptors (Lipinski definition) is 5. The van der Waals surface area contributed by atoms with Gasteiger partial charge in [0.1, 0.15) is 22.2 Å². The molecule has 0 atom stereocenters. The Balaban J connectivity index is 2.03. The van der Waals surface area contributed by atoms with Crippen molar-refractivity contribution in [2.24, 2.45) is 0 Å². The second-order valence-corrected chi connectivity index (χ2v) is 7.69. The van der Waals surface area contributed by atoms with Crippen LogP contribution in [0.15, 0.2) is 47.4 Å². The van der Waals surface area contributed by atoms with Crippen LogP contribution in [0.2, 0.25) is 0 Å². The maximum absolute atomic E-state index is 13.5. The third-order valence-electron chi connectivity index (χ3n) is 3.83. The molecule has 1 N–H and O–H groups in total. The first-order chi connectivity index (χ1) is 12.8. The lowest BCUT2D eigenvalue weighted by Gasteiger charge is -2.18. The molecule has 0 aliphatic heterocycles. The summed E-state index contributed by atoms with van der Waals surface area (Å²) in [5, 5.41) is 2.64. The summed E-state index contributed by atoms with van der Waals surface area (Å²) in [6.45, 7) is -0.182. The van der Waals surface area contributed by atoms with Crippen LogP contribution in [-0.4, -0.2) is 46.4 Å². The fraction of sp³-hybridized carbons (Fsp3) is 0.278. The number of hydrogen-bond donors (Lipinski definition) is 1. The van der Waals surface area contributed by atoms with Gasteiger partial charge in [-0.25, -0.2) is 12.8 Å². The second-order valence-electron chi connectivity index (χ2n) is 5.68. The van der Waals surface area contributed by atoms with Crippen molar-refractivity contribution in [3.8, 4) is 11.5 Å². The lowest BCUT2D eigenvalue weighted by molar-refractivity contribution is -0.121. The molecule has 2 aromatic rings. The zero-order valence-corrected chi connectivity index (χ0v) is 16.0. The maximum Gasteiger partial charge on any atom is 0.247 e. The van der Waals surface area contributed by atoms with Gasteiger partial charge in [0.25, 0.3) is 0 Å². The highest BCUT2D eigenvalue weighted by Gasteiger charge is 2.27. The quantitative estimate of drug-likeness (QED) is 0.735. The summed E-state index contributed by atoms with van der Waals surface area (Å²) < 4.78 is 49.6. The van der Waals surface area contributed by atoms with Crippen LogP contribution >= 0.6 is 0 Å². The molecule has 0 unspecified atom stereocenters. The van der Waals surface area contributed by atoms with Crippen molar-refractivity contribution in [2.45, 2.75) is 11.4 Å². The van der Waals surface area contributed by atoms with E-state index >= 15 is 0 Å². The Bertz CT molecular complexity index is 900. The molecule has 9 heteroatoms. The van der Waals surface area contributed by atoms with Gasteiger partial charge in [0.05, 0.1) is 20.8 Å². The molecule has 146 valence electrons. The number of carbonyl (C=O) groups is 1. The van der Waals surface area contributed by atoms with Crippen LogP contribution in [0.3, 0.4) is 0 Å². The number of nitrogens with zero attached hydrogens (tertiary/aromatic N) is 1. The predicted molar refractivity (Wildman–Crippen MR) is 97.6 cm³/mol. The summed E-state index contributed by atoms with van der Waals surface area (Å²) >= 11 is 0. The fourth-order valence-corrected chi connectivity index (χ4v) is 3.60. The maximum atomic E-state index is 13.5. The second kappa shape index (κ2) is 8.83. The Morgan fingerprint density at radius 1 is 1.11 bits per heavy atom. The molecule has 2 rings (SSSR count). The van der Waals surface area contributed by atoms with Crippen LogP contribution in [0.5, 0.6) is 11.5 Å². The van der Waals surface area contributed by atoms with Gasteiger partial charge in [-0.1, -0.05) is 12.1 Å². The lowest BCUT2D eigenvalue weighted by Crippen LogP contribution is -2.38. The molecular weight excluding hydrogens is 375 g/mol. The molecule has 0 aliphatic carbocycles. The zero-order valence-electron chi connectivity index (χ0n) is 15.2. The van der Waals surface area contributed by atoms with E-state index in [0.29, 0.717) is 5.75 Å². The smallest absolute Gasteiger partial charge is 0.247 e. The first-order valence-corrected chi connectivity index (χ1v) is 9.41. The van der Waals surface area contributed by atoms with E-state index < -0.39 is 28.3 Å².